The summed E-state index contributed by atoms with van der Waals surface area (Å²) in [5.41, 5.74) is 8.16. The van der Waals surface area contributed by atoms with Gasteiger partial charge in [0.1, 0.15) is 0 Å². The average molecular weight is 290 g/mol. The third-order valence-corrected chi connectivity index (χ3v) is 4.44. The summed E-state index contributed by atoms with van der Waals surface area (Å²) in [6, 6.07) is 4.53. The van der Waals surface area contributed by atoms with E-state index < -0.39 is 0 Å². The number of alkyl halides is 1. The Labute approximate surface area is 110 Å². The van der Waals surface area contributed by atoms with Crippen LogP contribution < -0.4 is 0 Å². The molecule has 0 fully saturated rings. The Kier molecular flexibility index (Phi) is 2.70. The van der Waals surface area contributed by atoms with Crippen molar-refractivity contribution in [2.24, 2.45) is 0 Å². The quantitative estimate of drug-likeness (QED) is 0.716. The van der Waals surface area contributed by atoms with E-state index in [2.05, 4.69) is 41.9 Å². The zero-order valence-corrected chi connectivity index (χ0v) is 11.9. The van der Waals surface area contributed by atoms with Gasteiger partial charge in [-0.25, -0.2) is 0 Å². The number of hydrogen-bond donors (Lipinski definition) is 0. The molecule has 0 unspecified atom stereocenters. The minimum Gasteiger partial charge on any atom is -0.253 e. The molecule has 2 aromatic rings. The van der Waals surface area contributed by atoms with E-state index in [4.69, 9.17) is 4.98 Å². The van der Waals surface area contributed by atoms with Crippen LogP contribution in [0, 0.1) is 13.8 Å². The summed E-state index contributed by atoms with van der Waals surface area (Å²) in [4.78, 5) is 4.85. The van der Waals surface area contributed by atoms with Crippen molar-refractivity contribution in [2.45, 2.75) is 38.4 Å². The first kappa shape index (κ1) is 11.2. The summed E-state index contributed by atoms with van der Waals surface area (Å²) in [7, 11) is 0. The summed E-state index contributed by atoms with van der Waals surface area (Å²) < 4.78 is 0. The number of pyridine rings is 1. The molecule has 0 N–H and O–H groups in total. The normalized spacial score (nSPS) is 14.3. The zero-order chi connectivity index (χ0) is 12.0. The van der Waals surface area contributed by atoms with Crippen molar-refractivity contribution in [2.75, 3.05) is 0 Å². The number of rotatable bonds is 1. The summed E-state index contributed by atoms with van der Waals surface area (Å²) in [6.45, 7) is 4.34. The zero-order valence-electron chi connectivity index (χ0n) is 10.3. The first-order chi connectivity index (χ1) is 8.20. The number of halogens is 1. The van der Waals surface area contributed by atoms with Gasteiger partial charge in [-0.1, -0.05) is 15.9 Å². The molecule has 0 atom stereocenters. The second-order valence-corrected chi connectivity index (χ2v) is 5.52. The van der Waals surface area contributed by atoms with E-state index in [9.17, 15) is 0 Å². The van der Waals surface area contributed by atoms with E-state index in [1.807, 2.05) is 0 Å². The van der Waals surface area contributed by atoms with Gasteiger partial charge in [0.2, 0.25) is 0 Å². The van der Waals surface area contributed by atoms with Crippen LogP contribution in [0.1, 0.15) is 34.4 Å². The van der Waals surface area contributed by atoms with Gasteiger partial charge in [0.25, 0.3) is 0 Å². The van der Waals surface area contributed by atoms with E-state index in [0.717, 1.165) is 11.8 Å². The van der Waals surface area contributed by atoms with Crippen LogP contribution in [0.15, 0.2) is 12.1 Å². The van der Waals surface area contributed by atoms with E-state index in [1.54, 1.807) is 0 Å². The predicted octanol–water partition coefficient (Wildman–Crippen LogP) is 4.24. The fraction of sp³-hybridized carbons (Fsp3) is 0.400. The Bertz CT molecular complexity index is 602. The van der Waals surface area contributed by atoms with E-state index >= 15 is 0 Å². The van der Waals surface area contributed by atoms with Gasteiger partial charge in [-0.3, -0.25) is 4.98 Å². The molecule has 17 heavy (non-hydrogen) atoms. The summed E-state index contributed by atoms with van der Waals surface area (Å²) in [6.07, 6.45) is 3.61. The summed E-state index contributed by atoms with van der Waals surface area (Å²) >= 11 is 3.65. The maximum absolute atomic E-state index is 4.85. The second-order valence-electron chi connectivity index (χ2n) is 4.96. The van der Waals surface area contributed by atoms with Crippen molar-refractivity contribution in [3.63, 3.8) is 0 Å². The van der Waals surface area contributed by atoms with Crippen LogP contribution in [0.5, 0.6) is 0 Å². The predicted molar refractivity (Wildman–Crippen MR) is 75.9 cm³/mol. The number of fused-ring (bicyclic) bond motifs is 2. The van der Waals surface area contributed by atoms with Gasteiger partial charge in [0.05, 0.1) is 5.52 Å². The Morgan fingerprint density at radius 3 is 2.71 bits per heavy atom. The lowest BCUT2D eigenvalue weighted by Gasteiger charge is -2.12. The standard InChI is InChI=1S/C15H16BrN/c1-9-6-12-13(8-16)11-4-3-5-14(11)17-15(12)7-10(9)2/h6-7H,3-5,8H2,1-2H3. The van der Waals surface area contributed by atoms with Gasteiger partial charge < -0.3 is 0 Å². The Morgan fingerprint density at radius 2 is 1.94 bits per heavy atom. The van der Waals surface area contributed by atoms with Crippen molar-refractivity contribution in [1.29, 1.82) is 0 Å². The fourth-order valence-electron chi connectivity index (χ4n) is 2.77. The molecule has 1 heterocycles. The van der Waals surface area contributed by atoms with E-state index in [0.29, 0.717) is 0 Å². The highest BCUT2D eigenvalue weighted by atomic mass is 79.9. The van der Waals surface area contributed by atoms with Crippen LogP contribution in [0.25, 0.3) is 10.9 Å². The number of nitrogens with zero attached hydrogens (tertiary/aromatic N) is 1. The molecule has 0 amide bonds. The lowest BCUT2D eigenvalue weighted by molar-refractivity contribution is 0.900. The summed E-state index contributed by atoms with van der Waals surface area (Å²) in [5.74, 6) is 0. The molecular weight excluding hydrogens is 274 g/mol. The molecule has 3 rings (SSSR count). The number of aryl methyl sites for hydroxylation is 3. The van der Waals surface area contributed by atoms with Crippen LogP contribution in [0.4, 0.5) is 0 Å². The van der Waals surface area contributed by atoms with E-state index in [-0.39, 0.29) is 0 Å². The van der Waals surface area contributed by atoms with Crippen molar-refractivity contribution in [1.82, 2.24) is 4.98 Å². The van der Waals surface area contributed by atoms with E-state index in [1.165, 1.54) is 51.7 Å². The molecule has 1 aromatic carbocycles. The molecule has 0 saturated carbocycles. The SMILES string of the molecule is Cc1cc2nc3c(c(CBr)c2cc1C)CCC3. The first-order valence-electron chi connectivity index (χ1n) is 6.18. The van der Waals surface area contributed by atoms with Crippen LogP contribution in [0.3, 0.4) is 0 Å². The van der Waals surface area contributed by atoms with Crippen molar-refractivity contribution in [3.8, 4) is 0 Å². The second kappa shape index (κ2) is 4.09. The van der Waals surface area contributed by atoms with Crippen molar-refractivity contribution in [3.05, 3.63) is 40.1 Å². The monoisotopic (exact) mass is 289 g/mol. The van der Waals surface area contributed by atoms with Gasteiger partial charge >= 0.3 is 0 Å². The molecule has 0 spiro atoms. The highest BCUT2D eigenvalue weighted by Crippen LogP contribution is 2.32. The van der Waals surface area contributed by atoms with Gasteiger partial charge in [-0.2, -0.15) is 0 Å². The summed E-state index contributed by atoms with van der Waals surface area (Å²) in [5, 5.41) is 2.28. The maximum atomic E-state index is 4.85. The molecule has 1 nitrogen and oxygen atoms in total. The number of benzene rings is 1. The van der Waals surface area contributed by atoms with Gasteiger partial charge in [-0.15, -0.1) is 0 Å². The Morgan fingerprint density at radius 1 is 1.18 bits per heavy atom. The lowest BCUT2D eigenvalue weighted by Crippen LogP contribution is -1.98. The molecule has 1 aliphatic rings. The maximum Gasteiger partial charge on any atom is 0.0711 e. The minimum absolute atomic E-state index is 0.941. The third kappa shape index (κ3) is 1.70. The highest BCUT2D eigenvalue weighted by Gasteiger charge is 2.19. The average Bonchev–Trinajstić information content (AvgIpc) is 2.75. The highest BCUT2D eigenvalue weighted by molar-refractivity contribution is 9.08. The van der Waals surface area contributed by atoms with Crippen LogP contribution >= 0.6 is 15.9 Å². The first-order valence-corrected chi connectivity index (χ1v) is 7.30. The minimum atomic E-state index is 0.941. The molecule has 88 valence electrons. The largest absolute Gasteiger partial charge is 0.253 e. The number of hydrogen-bond acceptors (Lipinski definition) is 1. The molecule has 0 bridgehead atoms. The molecule has 0 aliphatic heterocycles. The van der Waals surface area contributed by atoms with Crippen LogP contribution in [-0.2, 0) is 18.2 Å². The smallest absolute Gasteiger partial charge is 0.0711 e. The molecule has 2 heteroatoms. The molecule has 1 aromatic heterocycles. The Balaban J connectivity index is 2.41. The van der Waals surface area contributed by atoms with Gasteiger partial charge in [0.15, 0.2) is 0 Å². The van der Waals surface area contributed by atoms with Crippen molar-refractivity contribution >= 4 is 26.8 Å². The third-order valence-electron chi connectivity index (χ3n) is 3.88. The molecule has 1 aliphatic carbocycles. The lowest BCUT2D eigenvalue weighted by atomic mass is 9.99. The van der Waals surface area contributed by atoms with Crippen LogP contribution in [0.2, 0.25) is 0 Å². The van der Waals surface area contributed by atoms with Gasteiger partial charge in [0, 0.05) is 16.4 Å². The molecular formula is C15H16BrN. The van der Waals surface area contributed by atoms with Crippen LogP contribution in [-0.4, -0.2) is 4.98 Å². The Hall–Kier alpha value is -0.890. The van der Waals surface area contributed by atoms with Crippen molar-refractivity contribution < 1.29 is 0 Å². The molecule has 0 radical (unpaired) electrons. The molecule has 0 saturated heterocycles. The van der Waals surface area contributed by atoms with Gasteiger partial charge in [-0.05, 0) is 67.5 Å². The number of aromatic nitrogens is 1. The fourth-order valence-corrected chi connectivity index (χ4v) is 3.41. The topological polar surface area (TPSA) is 12.9 Å².